The van der Waals surface area contributed by atoms with Crippen LogP contribution in [0.5, 0.6) is 5.75 Å². The number of aryl methyl sites for hydroxylation is 2. The van der Waals surface area contributed by atoms with Crippen LogP contribution in [0.4, 0.5) is 0 Å². The Morgan fingerprint density at radius 1 is 1.50 bits per heavy atom. The lowest BCUT2D eigenvalue weighted by Crippen LogP contribution is -2.42. The third-order valence-electron chi connectivity index (χ3n) is 2.66. The molecule has 1 atom stereocenters. The Morgan fingerprint density at radius 3 is 2.78 bits per heavy atom. The number of hydrogen-bond donors (Lipinski definition) is 2. The standard InChI is InChI=1S/C13H21N3O2/c1-4-6-12(13(17)16-14)18-11-8-7-9(3)15-10(11)5-2/h7-8,12H,4-6,14H2,1-3H3,(H,16,17). The molecule has 1 rings (SSSR count). The molecule has 0 radical (unpaired) electrons. The normalized spacial score (nSPS) is 12.0. The highest BCUT2D eigenvalue weighted by Crippen LogP contribution is 2.20. The number of carbonyl (C=O) groups is 1. The van der Waals surface area contributed by atoms with Gasteiger partial charge in [0.25, 0.3) is 5.91 Å². The van der Waals surface area contributed by atoms with Gasteiger partial charge in [-0.2, -0.15) is 0 Å². The number of pyridine rings is 1. The first-order chi connectivity index (χ1) is 8.62. The van der Waals surface area contributed by atoms with Crippen LogP contribution >= 0.6 is 0 Å². The molecule has 0 aliphatic heterocycles. The molecule has 0 aromatic carbocycles. The summed E-state index contributed by atoms with van der Waals surface area (Å²) >= 11 is 0. The van der Waals surface area contributed by atoms with Crippen molar-refractivity contribution >= 4 is 5.91 Å². The molecular weight excluding hydrogens is 230 g/mol. The van der Waals surface area contributed by atoms with Crippen molar-refractivity contribution in [3.63, 3.8) is 0 Å². The second-order valence-electron chi connectivity index (χ2n) is 4.15. The molecule has 0 spiro atoms. The van der Waals surface area contributed by atoms with E-state index in [9.17, 15) is 4.79 Å². The Hall–Kier alpha value is -1.62. The maximum Gasteiger partial charge on any atom is 0.274 e. The summed E-state index contributed by atoms with van der Waals surface area (Å²) in [5.41, 5.74) is 3.94. The molecule has 1 unspecified atom stereocenters. The maximum absolute atomic E-state index is 11.6. The van der Waals surface area contributed by atoms with Gasteiger partial charge in [-0.15, -0.1) is 0 Å². The van der Waals surface area contributed by atoms with Gasteiger partial charge in [0.05, 0.1) is 5.69 Å². The molecule has 0 aliphatic rings. The summed E-state index contributed by atoms with van der Waals surface area (Å²) in [7, 11) is 0. The van der Waals surface area contributed by atoms with Gasteiger partial charge < -0.3 is 4.74 Å². The minimum atomic E-state index is -0.560. The van der Waals surface area contributed by atoms with Crippen LogP contribution in [0.1, 0.15) is 38.1 Å². The van der Waals surface area contributed by atoms with E-state index in [-0.39, 0.29) is 5.91 Å². The van der Waals surface area contributed by atoms with E-state index in [0.717, 1.165) is 24.2 Å². The summed E-state index contributed by atoms with van der Waals surface area (Å²) in [5.74, 6) is 5.51. The molecular formula is C13H21N3O2. The molecule has 0 aliphatic carbocycles. The van der Waals surface area contributed by atoms with Crippen molar-refractivity contribution in [3.05, 3.63) is 23.5 Å². The lowest BCUT2D eigenvalue weighted by Gasteiger charge is -2.18. The average Bonchev–Trinajstić information content (AvgIpc) is 2.39. The second kappa shape index (κ2) is 6.96. The second-order valence-corrected chi connectivity index (χ2v) is 4.15. The number of nitrogens with two attached hydrogens (primary N) is 1. The summed E-state index contributed by atoms with van der Waals surface area (Å²) in [5, 5.41) is 0. The number of aromatic nitrogens is 1. The van der Waals surface area contributed by atoms with Crippen LogP contribution in [0.15, 0.2) is 12.1 Å². The topological polar surface area (TPSA) is 77.2 Å². The third-order valence-corrected chi connectivity index (χ3v) is 2.66. The molecule has 0 saturated carbocycles. The summed E-state index contributed by atoms with van der Waals surface area (Å²) < 4.78 is 5.73. The van der Waals surface area contributed by atoms with Crippen LogP contribution in [0.25, 0.3) is 0 Å². The number of ether oxygens (including phenoxy) is 1. The minimum absolute atomic E-state index is 0.306. The van der Waals surface area contributed by atoms with Crippen molar-refractivity contribution in [1.29, 1.82) is 0 Å². The van der Waals surface area contributed by atoms with Gasteiger partial charge in [0, 0.05) is 5.69 Å². The van der Waals surface area contributed by atoms with Gasteiger partial charge in [-0.1, -0.05) is 20.3 Å². The highest BCUT2D eigenvalue weighted by Gasteiger charge is 2.19. The number of nitrogens with zero attached hydrogens (tertiary/aromatic N) is 1. The van der Waals surface area contributed by atoms with E-state index in [1.54, 1.807) is 0 Å². The quantitative estimate of drug-likeness (QED) is 0.456. The summed E-state index contributed by atoms with van der Waals surface area (Å²) in [6.07, 6.45) is 1.67. The Labute approximate surface area is 108 Å². The Morgan fingerprint density at radius 2 is 2.22 bits per heavy atom. The van der Waals surface area contributed by atoms with Gasteiger partial charge in [0.1, 0.15) is 5.75 Å². The lowest BCUT2D eigenvalue weighted by atomic mass is 10.2. The predicted molar refractivity (Wildman–Crippen MR) is 70.0 cm³/mol. The van der Waals surface area contributed by atoms with Gasteiger partial charge in [0.15, 0.2) is 6.10 Å². The van der Waals surface area contributed by atoms with Gasteiger partial charge in [-0.05, 0) is 31.9 Å². The van der Waals surface area contributed by atoms with E-state index in [1.807, 2.05) is 32.9 Å². The summed E-state index contributed by atoms with van der Waals surface area (Å²) in [6, 6.07) is 3.73. The van der Waals surface area contributed by atoms with Crippen LogP contribution in [-0.4, -0.2) is 17.0 Å². The smallest absolute Gasteiger partial charge is 0.274 e. The Kier molecular flexibility index (Phi) is 5.58. The van der Waals surface area contributed by atoms with Crippen molar-refractivity contribution in [2.45, 2.75) is 46.1 Å². The Bertz CT molecular complexity index is 407. The van der Waals surface area contributed by atoms with E-state index in [4.69, 9.17) is 10.6 Å². The van der Waals surface area contributed by atoms with Gasteiger partial charge in [0.2, 0.25) is 0 Å². The van der Waals surface area contributed by atoms with E-state index >= 15 is 0 Å². The fourth-order valence-corrected chi connectivity index (χ4v) is 1.71. The fourth-order valence-electron chi connectivity index (χ4n) is 1.71. The van der Waals surface area contributed by atoms with Crippen molar-refractivity contribution < 1.29 is 9.53 Å². The first-order valence-electron chi connectivity index (χ1n) is 6.26. The maximum atomic E-state index is 11.6. The SMILES string of the molecule is CCCC(Oc1ccc(C)nc1CC)C(=O)NN. The predicted octanol–water partition coefficient (Wildman–Crippen LogP) is 1.49. The number of hydrazine groups is 1. The number of rotatable bonds is 6. The van der Waals surface area contributed by atoms with Crippen molar-refractivity contribution in [3.8, 4) is 5.75 Å². The van der Waals surface area contributed by atoms with E-state index < -0.39 is 6.10 Å². The molecule has 1 heterocycles. The first-order valence-corrected chi connectivity index (χ1v) is 6.26. The third kappa shape index (κ3) is 3.70. The molecule has 3 N–H and O–H groups in total. The summed E-state index contributed by atoms with van der Waals surface area (Å²) in [6.45, 7) is 5.93. The first kappa shape index (κ1) is 14.4. The molecule has 1 aromatic rings. The zero-order chi connectivity index (χ0) is 13.5. The monoisotopic (exact) mass is 251 g/mol. The zero-order valence-corrected chi connectivity index (χ0v) is 11.2. The van der Waals surface area contributed by atoms with Crippen LogP contribution in [-0.2, 0) is 11.2 Å². The van der Waals surface area contributed by atoms with Crippen molar-refractivity contribution in [2.24, 2.45) is 5.84 Å². The molecule has 0 fully saturated rings. The minimum Gasteiger partial charge on any atom is -0.479 e. The highest BCUT2D eigenvalue weighted by molar-refractivity contribution is 5.80. The van der Waals surface area contributed by atoms with Gasteiger partial charge in [-0.3, -0.25) is 15.2 Å². The molecule has 100 valence electrons. The molecule has 0 saturated heterocycles. The molecule has 0 bridgehead atoms. The molecule has 5 heteroatoms. The van der Waals surface area contributed by atoms with Crippen molar-refractivity contribution in [1.82, 2.24) is 10.4 Å². The average molecular weight is 251 g/mol. The van der Waals surface area contributed by atoms with E-state index in [2.05, 4.69) is 10.4 Å². The molecule has 18 heavy (non-hydrogen) atoms. The largest absolute Gasteiger partial charge is 0.479 e. The highest BCUT2D eigenvalue weighted by atomic mass is 16.5. The van der Waals surface area contributed by atoms with E-state index in [0.29, 0.717) is 12.2 Å². The van der Waals surface area contributed by atoms with Gasteiger partial charge in [-0.25, -0.2) is 5.84 Å². The fraction of sp³-hybridized carbons (Fsp3) is 0.538. The zero-order valence-electron chi connectivity index (χ0n) is 11.2. The number of nitrogens with one attached hydrogen (secondary N) is 1. The Balaban J connectivity index is 2.89. The van der Waals surface area contributed by atoms with Crippen LogP contribution < -0.4 is 16.0 Å². The number of hydrogen-bond acceptors (Lipinski definition) is 4. The van der Waals surface area contributed by atoms with E-state index in [1.165, 1.54) is 0 Å². The van der Waals surface area contributed by atoms with Crippen molar-refractivity contribution in [2.75, 3.05) is 0 Å². The molecule has 5 nitrogen and oxygen atoms in total. The van der Waals surface area contributed by atoms with Gasteiger partial charge >= 0.3 is 0 Å². The van der Waals surface area contributed by atoms with Crippen LogP contribution in [0.3, 0.4) is 0 Å². The number of amides is 1. The lowest BCUT2D eigenvalue weighted by molar-refractivity contribution is -0.128. The summed E-state index contributed by atoms with van der Waals surface area (Å²) in [4.78, 5) is 16.0. The van der Waals surface area contributed by atoms with Crippen LogP contribution in [0, 0.1) is 6.92 Å². The molecule has 1 amide bonds. The van der Waals surface area contributed by atoms with Crippen LogP contribution in [0.2, 0.25) is 0 Å². The molecule has 1 aromatic heterocycles. The number of carbonyl (C=O) groups excluding carboxylic acids is 1.